The molecule has 0 aliphatic rings. The monoisotopic (exact) mass is 260 g/mol. The average molecular weight is 260 g/mol. The van der Waals surface area contributed by atoms with Crippen molar-refractivity contribution < 1.29 is 9.90 Å². The molecule has 102 valence electrons. The van der Waals surface area contributed by atoms with Gasteiger partial charge in [0.1, 0.15) is 0 Å². The van der Waals surface area contributed by atoms with Crippen molar-refractivity contribution in [2.24, 2.45) is 5.73 Å². The van der Waals surface area contributed by atoms with E-state index in [4.69, 9.17) is 10.8 Å². The van der Waals surface area contributed by atoms with E-state index in [0.29, 0.717) is 12.1 Å². The Labute approximate surface area is 112 Å². The van der Waals surface area contributed by atoms with Gasteiger partial charge in [-0.1, -0.05) is 6.92 Å². The lowest BCUT2D eigenvalue weighted by molar-refractivity contribution is 0.0697. The van der Waals surface area contributed by atoms with Crippen LogP contribution in [0.3, 0.4) is 0 Å². The molecule has 1 heterocycles. The Bertz CT molecular complexity index is 614. The van der Waals surface area contributed by atoms with Crippen LogP contribution in [0.4, 0.5) is 0 Å². The number of hydrogen-bond acceptors (Lipinski definition) is 2. The van der Waals surface area contributed by atoms with Crippen molar-refractivity contribution in [3.63, 3.8) is 0 Å². The second-order valence-corrected chi connectivity index (χ2v) is 4.84. The van der Waals surface area contributed by atoms with E-state index in [1.807, 2.05) is 6.92 Å². The number of carbonyl (C=O) groups is 1. The van der Waals surface area contributed by atoms with Crippen molar-refractivity contribution in [2.75, 3.05) is 6.54 Å². The molecule has 0 atom stereocenters. The second-order valence-electron chi connectivity index (χ2n) is 4.84. The molecular weight excluding hydrogens is 240 g/mol. The first-order valence-corrected chi connectivity index (χ1v) is 6.64. The summed E-state index contributed by atoms with van der Waals surface area (Å²) >= 11 is 0. The second kappa shape index (κ2) is 5.45. The summed E-state index contributed by atoms with van der Waals surface area (Å²) in [5.74, 6) is -0.873. The Morgan fingerprint density at radius 3 is 2.74 bits per heavy atom. The van der Waals surface area contributed by atoms with Gasteiger partial charge in [-0.25, -0.2) is 4.79 Å². The van der Waals surface area contributed by atoms with Crippen molar-refractivity contribution in [1.82, 2.24) is 4.57 Å². The highest BCUT2D eigenvalue weighted by atomic mass is 16.4. The number of aromatic nitrogens is 1. The van der Waals surface area contributed by atoms with Gasteiger partial charge >= 0.3 is 5.97 Å². The van der Waals surface area contributed by atoms with Crippen LogP contribution >= 0.6 is 0 Å². The van der Waals surface area contributed by atoms with Crippen LogP contribution in [-0.2, 0) is 13.0 Å². The highest BCUT2D eigenvalue weighted by Gasteiger charge is 2.13. The maximum atomic E-state index is 11.2. The average Bonchev–Trinajstić information content (AvgIpc) is 2.74. The van der Waals surface area contributed by atoms with Crippen LogP contribution in [0, 0.1) is 6.92 Å². The first kappa shape index (κ1) is 13.6. The quantitative estimate of drug-likeness (QED) is 0.868. The minimum atomic E-state index is -0.873. The lowest BCUT2D eigenvalue weighted by Gasteiger charge is -2.07. The van der Waals surface area contributed by atoms with E-state index < -0.39 is 5.97 Å². The van der Waals surface area contributed by atoms with Gasteiger partial charge in [0.15, 0.2) is 0 Å². The molecule has 4 heteroatoms. The number of fused-ring (bicyclic) bond motifs is 1. The fourth-order valence-corrected chi connectivity index (χ4v) is 2.57. The van der Waals surface area contributed by atoms with Crippen LogP contribution in [0.25, 0.3) is 10.9 Å². The molecule has 0 aliphatic heterocycles. The Morgan fingerprint density at radius 2 is 2.16 bits per heavy atom. The summed E-state index contributed by atoms with van der Waals surface area (Å²) in [7, 11) is 0. The Kier molecular flexibility index (Phi) is 3.90. The standard InChI is InChI=1S/C15H20N2O2/c1-3-11-9-17(6-4-5-16)14-10(2)7-12(15(18)19)8-13(11)14/h7-9H,3-6,16H2,1-2H3,(H,18,19). The third-order valence-corrected chi connectivity index (χ3v) is 3.48. The molecule has 0 saturated heterocycles. The van der Waals surface area contributed by atoms with Crippen LogP contribution < -0.4 is 5.73 Å². The number of carboxylic acid groups (broad SMARTS) is 1. The topological polar surface area (TPSA) is 68.2 Å². The molecule has 0 spiro atoms. The summed E-state index contributed by atoms with van der Waals surface area (Å²) in [6, 6.07) is 3.52. The van der Waals surface area contributed by atoms with Crippen LogP contribution in [-0.4, -0.2) is 22.2 Å². The molecule has 3 N–H and O–H groups in total. The normalized spacial score (nSPS) is 11.1. The van der Waals surface area contributed by atoms with Crippen LogP contribution in [0.5, 0.6) is 0 Å². The highest BCUT2D eigenvalue weighted by Crippen LogP contribution is 2.27. The molecule has 2 rings (SSSR count). The maximum Gasteiger partial charge on any atom is 0.335 e. The number of benzene rings is 1. The van der Waals surface area contributed by atoms with Crippen LogP contribution in [0.2, 0.25) is 0 Å². The van der Waals surface area contributed by atoms with Gasteiger partial charge in [-0.2, -0.15) is 0 Å². The number of aryl methyl sites for hydroxylation is 3. The summed E-state index contributed by atoms with van der Waals surface area (Å²) < 4.78 is 2.20. The molecular formula is C15H20N2O2. The van der Waals surface area contributed by atoms with Gasteiger partial charge in [-0.05, 0) is 49.6 Å². The van der Waals surface area contributed by atoms with Gasteiger partial charge < -0.3 is 15.4 Å². The van der Waals surface area contributed by atoms with Crippen molar-refractivity contribution in [3.05, 3.63) is 35.0 Å². The Hall–Kier alpha value is -1.81. The number of carboxylic acids is 1. The zero-order valence-corrected chi connectivity index (χ0v) is 11.4. The first-order valence-electron chi connectivity index (χ1n) is 6.64. The molecule has 19 heavy (non-hydrogen) atoms. The first-order chi connectivity index (χ1) is 9.08. The molecule has 1 aromatic carbocycles. The minimum Gasteiger partial charge on any atom is -0.478 e. The maximum absolute atomic E-state index is 11.2. The summed E-state index contributed by atoms with van der Waals surface area (Å²) in [6.45, 7) is 5.59. The molecule has 0 radical (unpaired) electrons. The van der Waals surface area contributed by atoms with Crippen molar-refractivity contribution in [3.8, 4) is 0 Å². The summed E-state index contributed by atoms with van der Waals surface area (Å²) in [6.07, 6.45) is 3.95. The molecule has 0 amide bonds. The third kappa shape index (κ3) is 2.49. The molecule has 4 nitrogen and oxygen atoms in total. The molecule has 0 bridgehead atoms. The largest absolute Gasteiger partial charge is 0.478 e. The summed E-state index contributed by atoms with van der Waals surface area (Å²) in [5.41, 5.74) is 9.26. The summed E-state index contributed by atoms with van der Waals surface area (Å²) in [4.78, 5) is 11.2. The lowest BCUT2D eigenvalue weighted by atomic mass is 10.0. The number of rotatable bonds is 5. The predicted molar refractivity (Wildman–Crippen MR) is 76.7 cm³/mol. The minimum absolute atomic E-state index is 0.358. The van der Waals surface area contributed by atoms with E-state index in [1.165, 1.54) is 5.56 Å². The van der Waals surface area contributed by atoms with Crippen molar-refractivity contribution in [1.29, 1.82) is 0 Å². The number of hydrogen-bond donors (Lipinski definition) is 2. The third-order valence-electron chi connectivity index (χ3n) is 3.48. The molecule has 1 aromatic heterocycles. The predicted octanol–water partition coefficient (Wildman–Crippen LogP) is 2.56. The summed E-state index contributed by atoms with van der Waals surface area (Å²) in [5, 5.41) is 10.2. The molecule has 0 aliphatic carbocycles. The van der Waals surface area contributed by atoms with Gasteiger partial charge in [-0.15, -0.1) is 0 Å². The van der Waals surface area contributed by atoms with Gasteiger partial charge in [0.05, 0.1) is 11.1 Å². The zero-order valence-electron chi connectivity index (χ0n) is 11.4. The number of nitrogens with two attached hydrogens (primary N) is 1. The number of aromatic carboxylic acids is 1. The molecule has 2 aromatic rings. The lowest BCUT2D eigenvalue weighted by Crippen LogP contribution is -2.05. The number of nitrogens with zero attached hydrogens (tertiary/aromatic N) is 1. The zero-order chi connectivity index (χ0) is 14.0. The highest BCUT2D eigenvalue weighted by molar-refractivity contribution is 5.96. The van der Waals surface area contributed by atoms with E-state index in [-0.39, 0.29) is 0 Å². The SMILES string of the molecule is CCc1cn(CCCN)c2c(C)cc(C(=O)O)cc12. The van der Waals surface area contributed by atoms with Gasteiger partial charge in [0.2, 0.25) is 0 Å². The van der Waals surface area contributed by atoms with E-state index in [0.717, 1.165) is 35.9 Å². The van der Waals surface area contributed by atoms with Crippen LogP contribution in [0.15, 0.2) is 18.3 Å². The van der Waals surface area contributed by atoms with Crippen LogP contribution in [0.1, 0.15) is 34.8 Å². The van der Waals surface area contributed by atoms with Crippen molar-refractivity contribution in [2.45, 2.75) is 33.2 Å². The van der Waals surface area contributed by atoms with E-state index in [2.05, 4.69) is 17.7 Å². The molecule has 0 saturated carbocycles. The van der Waals surface area contributed by atoms with Gasteiger partial charge in [0, 0.05) is 18.1 Å². The molecule has 0 unspecified atom stereocenters. The van der Waals surface area contributed by atoms with Gasteiger partial charge in [-0.3, -0.25) is 0 Å². The Morgan fingerprint density at radius 1 is 1.42 bits per heavy atom. The fourth-order valence-electron chi connectivity index (χ4n) is 2.57. The fraction of sp³-hybridized carbons (Fsp3) is 0.400. The van der Waals surface area contributed by atoms with E-state index in [9.17, 15) is 4.79 Å². The Balaban J connectivity index is 2.64. The van der Waals surface area contributed by atoms with Crippen molar-refractivity contribution >= 4 is 16.9 Å². The molecule has 0 fully saturated rings. The smallest absolute Gasteiger partial charge is 0.335 e. The van der Waals surface area contributed by atoms with E-state index >= 15 is 0 Å². The van der Waals surface area contributed by atoms with Gasteiger partial charge in [0.25, 0.3) is 0 Å². The van der Waals surface area contributed by atoms with E-state index in [1.54, 1.807) is 12.1 Å².